The number of para-hydroxylation sites is 2. The monoisotopic (exact) mass is 443 g/mol. The first-order valence-electron chi connectivity index (χ1n) is 8.65. The van der Waals surface area contributed by atoms with Crippen LogP contribution in [0.5, 0.6) is 17.2 Å². The second-order valence-electron chi connectivity index (χ2n) is 5.86. The second kappa shape index (κ2) is 9.57. The van der Waals surface area contributed by atoms with E-state index in [0.717, 1.165) is 12.1 Å². The van der Waals surface area contributed by atoms with Crippen LogP contribution in [0, 0.1) is 30.3 Å². The van der Waals surface area contributed by atoms with Gasteiger partial charge in [-0.3, -0.25) is 24.9 Å². The standard InChI is InChI=1S/C18H13N5O9/c24-21(25)30-15-11-16(31-22(26)27)18(17(12-15)32-23(28)29)19-20(13-7-3-1-4-8-13)14-9-5-2-6-10-14/h1-12,19H. The first-order valence-corrected chi connectivity index (χ1v) is 8.65. The van der Waals surface area contributed by atoms with E-state index in [9.17, 15) is 30.3 Å². The highest BCUT2D eigenvalue weighted by atomic mass is 17.0. The number of hydrogen-bond donors (Lipinski definition) is 1. The average molecular weight is 443 g/mol. The van der Waals surface area contributed by atoms with Crippen LogP contribution in [0.3, 0.4) is 0 Å². The molecule has 0 spiro atoms. The molecular weight excluding hydrogens is 430 g/mol. The van der Waals surface area contributed by atoms with Crippen molar-refractivity contribution < 1.29 is 29.8 Å². The van der Waals surface area contributed by atoms with Gasteiger partial charge in [-0.1, -0.05) is 36.4 Å². The third kappa shape index (κ3) is 5.47. The highest BCUT2D eigenvalue weighted by Gasteiger charge is 2.22. The summed E-state index contributed by atoms with van der Waals surface area (Å²) >= 11 is 0. The molecule has 3 rings (SSSR count). The molecule has 14 heteroatoms. The largest absolute Gasteiger partial charge is 0.299 e. The Morgan fingerprint density at radius 2 is 1.06 bits per heavy atom. The zero-order valence-corrected chi connectivity index (χ0v) is 15.9. The van der Waals surface area contributed by atoms with Gasteiger partial charge in [0.1, 0.15) is 11.4 Å². The molecule has 1 N–H and O–H groups in total. The lowest BCUT2D eigenvalue weighted by atomic mass is 10.2. The number of hydrogen-bond acceptors (Lipinski definition) is 11. The molecule has 32 heavy (non-hydrogen) atoms. The summed E-state index contributed by atoms with van der Waals surface area (Å²) in [5, 5.41) is 30.6. The predicted molar refractivity (Wildman–Crippen MR) is 108 cm³/mol. The lowest BCUT2D eigenvalue weighted by Gasteiger charge is -2.28. The zero-order chi connectivity index (χ0) is 23.1. The fourth-order valence-electron chi connectivity index (χ4n) is 2.66. The van der Waals surface area contributed by atoms with E-state index < -0.39 is 32.5 Å². The van der Waals surface area contributed by atoms with Crippen LogP contribution < -0.4 is 24.9 Å². The molecule has 0 fully saturated rings. The normalized spacial score (nSPS) is 10.0. The Bertz CT molecular complexity index is 1050. The molecule has 3 aromatic rings. The molecule has 0 aliphatic rings. The van der Waals surface area contributed by atoms with Gasteiger partial charge in [0, 0.05) is 12.1 Å². The highest BCUT2D eigenvalue weighted by Crippen LogP contribution is 2.41. The highest BCUT2D eigenvalue weighted by molar-refractivity contribution is 5.75. The van der Waals surface area contributed by atoms with Gasteiger partial charge in [0.25, 0.3) is 15.3 Å². The van der Waals surface area contributed by atoms with Crippen molar-refractivity contribution in [3.8, 4) is 17.2 Å². The maximum absolute atomic E-state index is 11.0. The van der Waals surface area contributed by atoms with Gasteiger partial charge in [0.15, 0.2) is 11.5 Å². The van der Waals surface area contributed by atoms with Crippen LogP contribution in [0.15, 0.2) is 72.8 Å². The fraction of sp³-hybridized carbons (Fsp3) is 0. The Balaban J connectivity index is 2.16. The predicted octanol–water partition coefficient (Wildman–Crippen LogP) is 3.56. The first kappa shape index (κ1) is 21.6. The van der Waals surface area contributed by atoms with Crippen LogP contribution in [0.1, 0.15) is 0 Å². The quantitative estimate of drug-likeness (QED) is 0.358. The molecule has 0 atom stereocenters. The van der Waals surface area contributed by atoms with Crippen molar-refractivity contribution in [1.82, 2.24) is 0 Å². The van der Waals surface area contributed by atoms with Gasteiger partial charge in [0.05, 0.1) is 11.4 Å². The van der Waals surface area contributed by atoms with E-state index in [-0.39, 0.29) is 5.69 Å². The molecule has 0 aliphatic heterocycles. The number of anilines is 3. The Morgan fingerprint density at radius 1 is 0.656 bits per heavy atom. The minimum absolute atomic E-state index is 0.359. The zero-order valence-electron chi connectivity index (χ0n) is 15.9. The molecule has 0 aliphatic carbocycles. The third-order valence-corrected chi connectivity index (χ3v) is 3.82. The number of benzene rings is 3. The summed E-state index contributed by atoms with van der Waals surface area (Å²) in [6, 6.07) is 18.9. The summed E-state index contributed by atoms with van der Waals surface area (Å²) in [6.07, 6.45) is 0. The summed E-state index contributed by atoms with van der Waals surface area (Å²) in [5.41, 5.74) is 3.52. The minimum Gasteiger partial charge on any atom is -0.289 e. The van der Waals surface area contributed by atoms with E-state index in [4.69, 9.17) is 0 Å². The summed E-state index contributed by atoms with van der Waals surface area (Å²) in [7, 11) is 0. The van der Waals surface area contributed by atoms with Crippen molar-refractivity contribution >= 4 is 17.1 Å². The minimum atomic E-state index is -1.20. The number of nitrogens with one attached hydrogen (secondary N) is 1. The molecule has 0 unspecified atom stereocenters. The Kier molecular flexibility index (Phi) is 6.45. The van der Waals surface area contributed by atoms with E-state index in [1.54, 1.807) is 60.7 Å². The summed E-state index contributed by atoms with van der Waals surface area (Å²) in [5.74, 6) is -1.87. The van der Waals surface area contributed by atoms with Crippen molar-refractivity contribution in [3.05, 3.63) is 103 Å². The molecule has 0 heterocycles. The number of nitrogens with zero attached hydrogens (tertiary/aromatic N) is 4. The number of rotatable bonds is 10. The summed E-state index contributed by atoms with van der Waals surface area (Å²) in [6.45, 7) is 0. The van der Waals surface area contributed by atoms with Gasteiger partial charge >= 0.3 is 0 Å². The molecule has 0 aromatic heterocycles. The van der Waals surface area contributed by atoms with Crippen molar-refractivity contribution in [3.63, 3.8) is 0 Å². The van der Waals surface area contributed by atoms with Crippen molar-refractivity contribution in [1.29, 1.82) is 0 Å². The van der Waals surface area contributed by atoms with Gasteiger partial charge in [-0.15, -0.1) is 30.3 Å². The third-order valence-electron chi connectivity index (χ3n) is 3.82. The van der Waals surface area contributed by atoms with Crippen LogP contribution in [0.4, 0.5) is 17.1 Å². The van der Waals surface area contributed by atoms with Crippen LogP contribution in [0.2, 0.25) is 0 Å². The van der Waals surface area contributed by atoms with Crippen molar-refractivity contribution in [2.24, 2.45) is 0 Å². The van der Waals surface area contributed by atoms with E-state index in [1.165, 1.54) is 5.01 Å². The summed E-state index contributed by atoms with van der Waals surface area (Å²) in [4.78, 5) is 45.9. The molecule has 0 radical (unpaired) electrons. The van der Waals surface area contributed by atoms with Gasteiger partial charge in [-0.2, -0.15) is 0 Å². The van der Waals surface area contributed by atoms with Crippen LogP contribution >= 0.6 is 0 Å². The van der Waals surface area contributed by atoms with E-state index >= 15 is 0 Å². The maximum atomic E-state index is 11.0. The molecule has 0 amide bonds. The average Bonchev–Trinajstić information content (AvgIpc) is 2.73. The molecule has 14 nitrogen and oxygen atoms in total. The van der Waals surface area contributed by atoms with E-state index in [0.29, 0.717) is 11.4 Å². The molecule has 0 bridgehead atoms. The second-order valence-corrected chi connectivity index (χ2v) is 5.86. The van der Waals surface area contributed by atoms with Crippen LogP contribution in [-0.2, 0) is 0 Å². The SMILES string of the molecule is O=[N+]([O-])Oc1cc(O[N+](=O)[O-])c(NN(c2ccccc2)c2ccccc2)c(O[N+](=O)[O-])c1. The van der Waals surface area contributed by atoms with E-state index in [2.05, 4.69) is 19.9 Å². The first-order chi connectivity index (χ1) is 15.3. The fourth-order valence-corrected chi connectivity index (χ4v) is 2.66. The Morgan fingerprint density at radius 3 is 1.44 bits per heavy atom. The molecule has 0 saturated heterocycles. The van der Waals surface area contributed by atoms with E-state index in [1.807, 2.05) is 0 Å². The summed E-state index contributed by atoms with van der Waals surface area (Å²) < 4.78 is 0. The molecule has 3 aromatic carbocycles. The molecular formula is C18H13N5O9. The Labute approximate surface area is 178 Å². The Hall–Kier alpha value is -5.14. The van der Waals surface area contributed by atoms with Crippen molar-refractivity contribution in [2.75, 3.05) is 10.4 Å². The molecule has 0 saturated carbocycles. The smallest absolute Gasteiger partial charge is 0.289 e. The van der Waals surface area contributed by atoms with Gasteiger partial charge in [-0.25, -0.2) is 0 Å². The molecule has 164 valence electrons. The van der Waals surface area contributed by atoms with Gasteiger partial charge in [-0.05, 0) is 24.3 Å². The maximum Gasteiger partial charge on any atom is 0.299 e. The lowest BCUT2D eigenvalue weighted by molar-refractivity contribution is -0.715. The van der Waals surface area contributed by atoms with Crippen LogP contribution in [0.25, 0.3) is 0 Å². The van der Waals surface area contributed by atoms with Crippen LogP contribution in [-0.4, -0.2) is 15.3 Å². The van der Waals surface area contributed by atoms with Crippen molar-refractivity contribution in [2.45, 2.75) is 0 Å². The van der Waals surface area contributed by atoms with Gasteiger partial charge < -0.3 is 0 Å². The lowest BCUT2D eigenvalue weighted by Crippen LogP contribution is -2.26. The number of hydrazine groups is 1. The topological polar surface area (TPSA) is 172 Å². The van der Waals surface area contributed by atoms with Gasteiger partial charge in [0.2, 0.25) is 0 Å².